The quantitative estimate of drug-likeness (QED) is 0.860. The van der Waals surface area contributed by atoms with Crippen LogP contribution in [0.1, 0.15) is 4.88 Å². The first-order valence-electron chi connectivity index (χ1n) is 5.92. The topological polar surface area (TPSA) is 38.3 Å². The van der Waals surface area contributed by atoms with Gasteiger partial charge in [-0.2, -0.15) is 0 Å². The largest absolute Gasteiger partial charge is 0.495 e. The molecule has 1 aromatic heterocycles. The minimum absolute atomic E-state index is 0.0628. The number of methoxy groups -OCH3 is 1. The number of amides is 1. The SMILES string of the molecule is COc1ccc(Cl)cc1NC(=O)CSCc1cccs1. The molecular weight excluding hydrogens is 314 g/mol. The van der Waals surface area contributed by atoms with E-state index < -0.39 is 0 Å². The number of halogens is 1. The zero-order chi connectivity index (χ0) is 14.4. The lowest BCUT2D eigenvalue weighted by atomic mass is 10.3. The zero-order valence-electron chi connectivity index (χ0n) is 10.9. The average Bonchev–Trinajstić information content (AvgIpc) is 2.92. The molecule has 0 unspecified atom stereocenters. The van der Waals surface area contributed by atoms with Gasteiger partial charge in [-0.05, 0) is 29.6 Å². The molecule has 0 saturated carbocycles. The van der Waals surface area contributed by atoms with E-state index in [4.69, 9.17) is 16.3 Å². The Balaban J connectivity index is 1.86. The summed E-state index contributed by atoms with van der Waals surface area (Å²) in [5.74, 6) is 1.78. The molecule has 6 heteroatoms. The van der Waals surface area contributed by atoms with Crippen LogP contribution in [0.5, 0.6) is 5.75 Å². The van der Waals surface area contributed by atoms with Crippen LogP contribution < -0.4 is 10.1 Å². The van der Waals surface area contributed by atoms with Gasteiger partial charge in [0.05, 0.1) is 18.6 Å². The second-order valence-corrected chi connectivity index (χ2v) is 6.42. The van der Waals surface area contributed by atoms with Crippen LogP contribution in [-0.4, -0.2) is 18.8 Å². The van der Waals surface area contributed by atoms with Crippen molar-refractivity contribution in [1.82, 2.24) is 0 Å². The van der Waals surface area contributed by atoms with Crippen molar-refractivity contribution in [2.45, 2.75) is 5.75 Å². The lowest BCUT2D eigenvalue weighted by Gasteiger charge is -2.10. The molecule has 0 radical (unpaired) electrons. The Bertz CT molecular complexity index is 573. The van der Waals surface area contributed by atoms with E-state index in [1.807, 2.05) is 11.4 Å². The summed E-state index contributed by atoms with van der Waals surface area (Å²) < 4.78 is 5.19. The van der Waals surface area contributed by atoms with Crippen molar-refractivity contribution in [3.63, 3.8) is 0 Å². The van der Waals surface area contributed by atoms with E-state index in [2.05, 4.69) is 11.4 Å². The maximum atomic E-state index is 11.9. The number of thioether (sulfide) groups is 1. The summed E-state index contributed by atoms with van der Waals surface area (Å²) >= 11 is 9.20. The van der Waals surface area contributed by atoms with Gasteiger partial charge in [0.1, 0.15) is 5.75 Å². The highest BCUT2D eigenvalue weighted by Crippen LogP contribution is 2.28. The lowest BCUT2D eigenvalue weighted by molar-refractivity contribution is -0.113. The number of carbonyl (C=O) groups is 1. The molecule has 0 aliphatic rings. The van der Waals surface area contributed by atoms with Gasteiger partial charge in [0.15, 0.2) is 0 Å². The molecular formula is C14H14ClNO2S2. The minimum atomic E-state index is -0.0628. The van der Waals surface area contributed by atoms with Gasteiger partial charge in [-0.25, -0.2) is 0 Å². The number of benzene rings is 1. The molecule has 1 N–H and O–H groups in total. The second-order valence-electron chi connectivity index (χ2n) is 3.96. The standard InChI is InChI=1S/C14H14ClNO2S2/c1-18-13-5-4-10(15)7-12(13)16-14(17)9-19-8-11-3-2-6-20-11/h2-7H,8-9H2,1H3,(H,16,17). The number of thiophene rings is 1. The van der Waals surface area contributed by atoms with E-state index in [-0.39, 0.29) is 5.91 Å². The third kappa shape index (κ3) is 4.44. The molecule has 1 aromatic carbocycles. The lowest BCUT2D eigenvalue weighted by Crippen LogP contribution is -2.14. The van der Waals surface area contributed by atoms with Gasteiger partial charge >= 0.3 is 0 Å². The van der Waals surface area contributed by atoms with Crippen molar-refractivity contribution in [2.75, 3.05) is 18.2 Å². The predicted octanol–water partition coefficient (Wildman–Crippen LogP) is 4.28. The monoisotopic (exact) mass is 327 g/mol. The molecule has 2 aromatic rings. The van der Waals surface area contributed by atoms with Crippen LogP contribution in [0.3, 0.4) is 0 Å². The Morgan fingerprint density at radius 1 is 1.45 bits per heavy atom. The molecule has 0 atom stereocenters. The van der Waals surface area contributed by atoms with Crippen LogP contribution in [0.2, 0.25) is 5.02 Å². The van der Waals surface area contributed by atoms with Crippen molar-refractivity contribution in [1.29, 1.82) is 0 Å². The molecule has 20 heavy (non-hydrogen) atoms. The molecule has 0 bridgehead atoms. The van der Waals surface area contributed by atoms with Crippen molar-refractivity contribution < 1.29 is 9.53 Å². The van der Waals surface area contributed by atoms with E-state index in [1.165, 1.54) is 4.88 Å². The molecule has 3 nitrogen and oxygen atoms in total. The van der Waals surface area contributed by atoms with Crippen LogP contribution in [0.25, 0.3) is 0 Å². The number of nitrogens with one attached hydrogen (secondary N) is 1. The summed E-state index contributed by atoms with van der Waals surface area (Å²) in [6.07, 6.45) is 0. The van der Waals surface area contributed by atoms with E-state index in [0.29, 0.717) is 22.2 Å². The first-order chi connectivity index (χ1) is 9.69. The molecule has 0 saturated heterocycles. The maximum absolute atomic E-state index is 11.9. The molecule has 1 heterocycles. The van der Waals surface area contributed by atoms with Gasteiger partial charge in [-0.3, -0.25) is 4.79 Å². The van der Waals surface area contributed by atoms with Gasteiger partial charge in [-0.15, -0.1) is 23.1 Å². The van der Waals surface area contributed by atoms with Crippen LogP contribution in [0.4, 0.5) is 5.69 Å². The summed E-state index contributed by atoms with van der Waals surface area (Å²) in [7, 11) is 1.56. The summed E-state index contributed by atoms with van der Waals surface area (Å²) in [5, 5.41) is 5.41. The zero-order valence-corrected chi connectivity index (χ0v) is 13.3. The fourth-order valence-corrected chi connectivity index (χ4v) is 3.44. The highest BCUT2D eigenvalue weighted by molar-refractivity contribution is 7.99. The molecule has 0 aliphatic heterocycles. The number of anilines is 1. The van der Waals surface area contributed by atoms with Crippen molar-refractivity contribution >= 4 is 46.3 Å². The third-order valence-electron chi connectivity index (χ3n) is 2.49. The highest BCUT2D eigenvalue weighted by Gasteiger charge is 2.08. The molecule has 0 fully saturated rings. The Hall–Kier alpha value is -1.17. The Labute approximate surface area is 131 Å². The van der Waals surface area contributed by atoms with E-state index in [0.717, 1.165) is 5.75 Å². The van der Waals surface area contributed by atoms with Gasteiger partial charge in [-0.1, -0.05) is 17.7 Å². The van der Waals surface area contributed by atoms with E-state index in [1.54, 1.807) is 48.4 Å². The molecule has 0 spiro atoms. The van der Waals surface area contributed by atoms with Crippen molar-refractivity contribution in [3.05, 3.63) is 45.6 Å². The summed E-state index contributed by atoms with van der Waals surface area (Å²) in [4.78, 5) is 13.2. The number of hydrogen-bond donors (Lipinski definition) is 1. The normalized spacial score (nSPS) is 10.3. The van der Waals surface area contributed by atoms with Gasteiger partial charge < -0.3 is 10.1 Å². The minimum Gasteiger partial charge on any atom is -0.495 e. The van der Waals surface area contributed by atoms with Gasteiger partial charge in [0.25, 0.3) is 0 Å². The third-order valence-corrected chi connectivity index (χ3v) is 4.77. The number of rotatable bonds is 6. The number of hydrogen-bond acceptors (Lipinski definition) is 4. The second kappa shape index (κ2) is 7.57. The van der Waals surface area contributed by atoms with Crippen LogP contribution in [0, 0.1) is 0 Å². The Morgan fingerprint density at radius 3 is 3.00 bits per heavy atom. The summed E-state index contributed by atoms with van der Waals surface area (Å²) in [6, 6.07) is 9.22. The summed E-state index contributed by atoms with van der Waals surface area (Å²) in [5.41, 5.74) is 0.599. The Morgan fingerprint density at radius 2 is 2.30 bits per heavy atom. The van der Waals surface area contributed by atoms with Gasteiger partial charge in [0, 0.05) is 15.7 Å². The Kier molecular flexibility index (Phi) is 5.76. The molecule has 0 aliphatic carbocycles. The first kappa shape index (κ1) is 15.2. The van der Waals surface area contributed by atoms with E-state index in [9.17, 15) is 4.79 Å². The van der Waals surface area contributed by atoms with Crippen LogP contribution in [0.15, 0.2) is 35.7 Å². The number of ether oxygens (including phenoxy) is 1. The predicted molar refractivity (Wildman–Crippen MR) is 87.1 cm³/mol. The highest BCUT2D eigenvalue weighted by atomic mass is 35.5. The van der Waals surface area contributed by atoms with Crippen LogP contribution in [-0.2, 0) is 10.5 Å². The molecule has 1 amide bonds. The maximum Gasteiger partial charge on any atom is 0.234 e. The fraction of sp³-hybridized carbons (Fsp3) is 0.214. The molecule has 106 valence electrons. The van der Waals surface area contributed by atoms with Crippen LogP contribution >= 0.6 is 34.7 Å². The first-order valence-corrected chi connectivity index (χ1v) is 8.34. The van der Waals surface area contributed by atoms with Gasteiger partial charge in [0.2, 0.25) is 5.91 Å². The van der Waals surface area contributed by atoms with Crippen molar-refractivity contribution in [3.8, 4) is 5.75 Å². The number of carbonyl (C=O) groups excluding carboxylic acids is 1. The molecule has 2 rings (SSSR count). The average molecular weight is 328 g/mol. The smallest absolute Gasteiger partial charge is 0.234 e. The fourth-order valence-electron chi connectivity index (χ4n) is 1.60. The van der Waals surface area contributed by atoms with E-state index >= 15 is 0 Å². The van der Waals surface area contributed by atoms with Crippen molar-refractivity contribution in [2.24, 2.45) is 0 Å². The summed E-state index contributed by atoms with van der Waals surface area (Å²) in [6.45, 7) is 0.